The number of β-amino-alcohol motifs (C(OH)–C–C–N with tert-alkyl or cyclic N) is 1. The molecule has 0 radical (unpaired) electrons. The third-order valence-corrected chi connectivity index (χ3v) is 3.25. The highest BCUT2D eigenvalue weighted by molar-refractivity contribution is 6.18. The Labute approximate surface area is 120 Å². The Hall–Kier alpha value is -2.73. The molecular weight excluding hydrogens is 270 g/mol. The number of nitrogens with zero attached hydrogens (tertiary/aromatic N) is 2. The lowest BCUT2D eigenvalue weighted by molar-refractivity contribution is -0.137. The number of imide groups is 1. The Kier molecular flexibility index (Phi) is 3.37. The van der Waals surface area contributed by atoms with Crippen molar-refractivity contribution in [2.45, 2.75) is 0 Å². The number of benzene rings is 1. The molecule has 2 amide bonds. The van der Waals surface area contributed by atoms with Gasteiger partial charge in [-0.25, -0.2) is 0 Å². The van der Waals surface area contributed by atoms with Crippen LogP contribution in [0, 0.1) is 0 Å². The molecule has 0 saturated heterocycles. The maximum absolute atomic E-state index is 12.1. The van der Waals surface area contributed by atoms with Crippen molar-refractivity contribution in [3.8, 4) is 0 Å². The van der Waals surface area contributed by atoms with Crippen LogP contribution in [0.2, 0.25) is 0 Å². The topological polar surface area (TPSA) is 82.5 Å². The first-order valence-electron chi connectivity index (χ1n) is 6.50. The summed E-state index contributed by atoms with van der Waals surface area (Å²) in [5.74, 6) is -0.857. The SMILES string of the molecule is O=C1C=C(Nc2cccc3ncccc23)C(=O)N1CCO. The molecule has 1 aromatic heterocycles. The number of aliphatic hydroxyl groups is 1. The summed E-state index contributed by atoms with van der Waals surface area (Å²) in [6, 6.07) is 9.20. The van der Waals surface area contributed by atoms with E-state index in [1.165, 1.54) is 6.08 Å². The fourth-order valence-corrected chi connectivity index (χ4v) is 2.27. The molecule has 0 saturated carbocycles. The lowest BCUT2D eigenvalue weighted by Crippen LogP contribution is -2.34. The van der Waals surface area contributed by atoms with Gasteiger partial charge < -0.3 is 10.4 Å². The molecule has 1 aliphatic rings. The molecule has 2 heterocycles. The van der Waals surface area contributed by atoms with Crippen molar-refractivity contribution < 1.29 is 14.7 Å². The standard InChI is InChI=1S/C15H13N3O3/c19-8-7-18-14(20)9-13(15(18)21)17-12-5-1-4-11-10(12)3-2-6-16-11/h1-6,9,17,19H,7-8H2. The summed E-state index contributed by atoms with van der Waals surface area (Å²) in [6.07, 6.45) is 2.94. The summed E-state index contributed by atoms with van der Waals surface area (Å²) in [6.45, 7) is -0.257. The smallest absolute Gasteiger partial charge is 0.277 e. The molecule has 6 nitrogen and oxygen atoms in total. The number of carbonyl (C=O) groups is 2. The molecule has 0 aliphatic carbocycles. The first-order chi connectivity index (χ1) is 10.2. The van der Waals surface area contributed by atoms with Gasteiger partial charge in [0.2, 0.25) is 0 Å². The van der Waals surface area contributed by atoms with E-state index in [0.29, 0.717) is 5.69 Å². The Morgan fingerprint density at radius 3 is 2.86 bits per heavy atom. The van der Waals surface area contributed by atoms with Crippen molar-refractivity contribution in [2.75, 3.05) is 18.5 Å². The van der Waals surface area contributed by atoms with Gasteiger partial charge in [-0.2, -0.15) is 0 Å². The Morgan fingerprint density at radius 2 is 2.05 bits per heavy atom. The van der Waals surface area contributed by atoms with Crippen molar-refractivity contribution in [1.29, 1.82) is 0 Å². The number of carbonyl (C=O) groups excluding carboxylic acids is 2. The molecule has 0 atom stereocenters. The highest BCUT2D eigenvalue weighted by Gasteiger charge is 2.30. The van der Waals surface area contributed by atoms with Crippen LogP contribution in [0.15, 0.2) is 48.3 Å². The van der Waals surface area contributed by atoms with Gasteiger partial charge in [-0.3, -0.25) is 19.5 Å². The minimum atomic E-state index is -0.435. The van der Waals surface area contributed by atoms with Crippen LogP contribution in [0.3, 0.4) is 0 Å². The number of pyridine rings is 1. The Morgan fingerprint density at radius 1 is 1.19 bits per heavy atom. The van der Waals surface area contributed by atoms with Crippen LogP contribution in [0.1, 0.15) is 0 Å². The first kappa shape index (κ1) is 13.3. The predicted octanol–water partition coefficient (Wildman–Crippen LogP) is 0.892. The number of fused-ring (bicyclic) bond motifs is 1. The summed E-state index contributed by atoms with van der Waals surface area (Å²) in [5.41, 5.74) is 1.70. The summed E-state index contributed by atoms with van der Waals surface area (Å²) < 4.78 is 0. The number of hydrogen-bond acceptors (Lipinski definition) is 5. The van der Waals surface area contributed by atoms with Crippen LogP contribution in [0.4, 0.5) is 5.69 Å². The normalized spacial score (nSPS) is 14.7. The third-order valence-electron chi connectivity index (χ3n) is 3.25. The van der Waals surface area contributed by atoms with Crippen molar-refractivity contribution in [2.24, 2.45) is 0 Å². The number of nitrogens with one attached hydrogen (secondary N) is 1. The quantitative estimate of drug-likeness (QED) is 0.814. The second kappa shape index (κ2) is 5.34. The molecule has 0 spiro atoms. The van der Waals surface area contributed by atoms with E-state index in [4.69, 9.17) is 5.11 Å². The Bertz CT molecular complexity index is 749. The van der Waals surface area contributed by atoms with E-state index in [0.717, 1.165) is 15.8 Å². The molecular formula is C15H13N3O3. The van der Waals surface area contributed by atoms with Crippen molar-refractivity contribution in [3.63, 3.8) is 0 Å². The van der Waals surface area contributed by atoms with Gasteiger partial charge in [-0.1, -0.05) is 6.07 Å². The first-order valence-corrected chi connectivity index (χ1v) is 6.50. The van der Waals surface area contributed by atoms with E-state index in [2.05, 4.69) is 10.3 Å². The summed E-state index contributed by atoms with van der Waals surface area (Å²) in [5, 5.41) is 12.7. The minimum absolute atomic E-state index is 0.00353. The summed E-state index contributed by atoms with van der Waals surface area (Å²) in [4.78, 5) is 29.0. The molecule has 1 aliphatic heterocycles. The molecule has 3 rings (SSSR count). The summed E-state index contributed by atoms with van der Waals surface area (Å²) in [7, 11) is 0. The van der Waals surface area contributed by atoms with Gasteiger partial charge in [0, 0.05) is 23.3 Å². The zero-order chi connectivity index (χ0) is 14.8. The third kappa shape index (κ3) is 2.36. The lowest BCUT2D eigenvalue weighted by atomic mass is 10.2. The van der Waals surface area contributed by atoms with Gasteiger partial charge in [0.15, 0.2) is 0 Å². The number of aromatic nitrogens is 1. The maximum atomic E-state index is 12.1. The van der Waals surface area contributed by atoms with Crippen LogP contribution < -0.4 is 5.32 Å². The molecule has 0 bridgehead atoms. The zero-order valence-corrected chi connectivity index (χ0v) is 11.1. The van der Waals surface area contributed by atoms with Crippen LogP contribution in [0.25, 0.3) is 10.9 Å². The van der Waals surface area contributed by atoms with Gasteiger partial charge in [0.05, 0.1) is 18.7 Å². The van der Waals surface area contributed by atoms with E-state index in [1.807, 2.05) is 30.3 Å². The molecule has 2 N–H and O–H groups in total. The van der Waals surface area contributed by atoms with E-state index in [-0.39, 0.29) is 18.8 Å². The summed E-state index contributed by atoms with van der Waals surface area (Å²) >= 11 is 0. The molecule has 1 aromatic carbocycles. The number of rotatable bonds is 4. The highest BCUT2D eigenvalue weighted by atomic mass is 16.3. The number of aliphatic hydroxyl groups excluding tert-OH is 1. The van der Waals surface area contributed by atoms with E-state index in [9.17, 15) is 9.59 Å². The number of amides is 2. The molecule has 106 valence electrons. The second-order valence-corrected chi connectivity index (χ2v) is 4.58. The number of anilines is 1. The minimum Gasteiger partial charge on any atom is -0.395 e. The number of hydrogen-bond donors (Lipinski definition) is 2. The van der Waals surface area contributed by atoms with E-state index < -0.39 is 11.8 Å². The fraction of sp³-hybridized carbons (Fsp3) is 0.133. The van der Waals surface area contributed by atoms with Gasteiger partial charge in [0.25, 0.3) is 11.8 Å². The van der Waals surface area contributed by atoms with Crippen LogP contribution in [0.5, 0.6) is 0 Å². The Balaban J connectivity index is 1.91. The predicted molar refractivity (Wildman–Crippen MR) is 77.3 cm³/mol. The largest absolute Gasteiger partial charge is 0.395 e. The van der Waals surface area contributed by atoms with Crippen molar-refractivity contribution in [1.82, 2.24) is 9.88 Å². The van der Waals surface area contributed by atoms with Gasteiger partial charge >= 0.3 is 0 Å². The van der Waals surface area contributed by atoms with Crippen molar-refractivity contribution in [3.05, 3.63) is 48.3 Å². The molecule has 0 unspecified atom stereocenters. The van der Waals surface area contributed by atoms with Crippen molar-refractivity contribution >= 4 is 28.4 Å². The van der Waals surface area contributed by atoms with E-state index in [1.54, 1.807) is 6.20 Å². The zero-order valence-electron chi connectivity index (χ0n) is 11.1. The van der Waals surface area contributed by atoms with Crippen LogP contribution >= 0.6 is 0 Å². The molecule has 0 fully saturated rings. The lowest BCUT2D eigenvalue weighted by Gasteiger charge is -2.14. The van der Waals surface area contributed by atoms with Gasteiger partial charge in [-0.05, 0) is 24.3 Å². The van der Waals surface area contributed by atoms with Crippen LogP contribution in [-0.2, 0) is 9.59 Å². The second-order valence-electron chi connectivity index (χ2n) is 4.58. The highest BCUT2D eigenvalue weighted by Crippen LogP contribution is 2.24. The van der Waals surface area contributed by atoms with Crippen LogP contribution in [-0.4, -0.2) is 40.0 Å². The molecule has 2 aromatic rings. The van der Waals surface area contributed by atoms with E-state index >= 15 is 0 Å². The maximum Gasteiger partial charge on any atom is 0.277 e. The average molecular weight is 283 g/mol. The molecule has 21 heavy (non-hydrogen) atoms. The van der Waals surface area contributed by atoms with Gasteiger partial charge in [0.1, 0.15) is 5.70 Å². The average Bonchev–Trinajstić information content (AvgIpc) is 2.76. The fourth-order valence-electron chi connectivity index (χ4n) is 2.27. The monoisotopic (exact) mass is 283 g/mol. The molecule has 6 heteroatoms. The van der Waals surface area contributed by atoms with Gasteiger partial charge in [-0.15, -0.1) is 0 Å².